The van der Waals surface area contributed by atoms with Crippen molar-refractivity contribution in [3.63, 3.8) is 0 Å². The molecule has 1 aromatic rings. The molecule has 0 bridgehead atoms. The molecule has 1 unspecified atom stereocenters. The van der Waals surface area contributed by atoms with Crippen molar-refractivity contribution in [1.82, 2.24) is 0 Å². The molecule has 0 saturated carbocycles. The summed E-state index contributed by atoms with van der Waals surface area (Å²) in [5.74, 6) is 0. The summed E-state index contributed by atoms with van der Waals surface area (Å²) < 4.78 is 0. The van der Waals surface area contributed by atoms with E-state index < -0.39 is 5.60 Å². The summed E-state index contributed by atoms with van der Waals surface area (Å²) in [5.41, 5.74) is 7.45. The van der Waals surface area contributed by atoms with E-state index in [9.17, 15) is 5.11 Å². The van der Waals surface area contributed by atoms with Gasteiger partial charge in [0.1, 0.15) is 0 Å². The Hall–Kier alpha value is -0.860. The quantitative estimate of drug-likeness (QED) is 0.842. The highest BCUT2D eigenvalue weighted by Crippen LogP contribution is 2.23. The monoisotopic (exact) mass is 235 g/mol. The second kappa shape index (κ2) is 5.19. The summed E-state index contributed by atoms with van der Waals surface area (Å²) in [5, 5.41) is 10.1. The van der Waals surface area contributed by atoms with E-state index in [4.69, 9.17) is 5.73 Å². The van der Waals surface area contributed by atoms with Gasteiger partial charge in [-0.15, -0.1) is 0 Å². The molecule has 0 radical (unpaired) electrons. The van der Waals surface area contributed by atoms with Crippen molar-refractivity contribution >= 4 is 0 Å². The predicted molar refractivity (Wildman–Crippen MR) is 73.1 cm³/mol. The van der Waals surface area contributed by atoms with Gasteiger partial charge in [0.25, 0.3) is 0 Å². The zero-order chi connectivity index (χ0) is 13.1. The van der Waals surface area contributed by atoms with Crippen LogP contribution in [0, 0.1) is 0 Å². The first-order valence-electron chi connectivity index (χ1n) is 6.26. The van der Waals surface area contributed by atoms with Gasteiger partial charge >= 0.3 is 0 Å². The summed E-state index contributed by atoms with van der Waals surface area (Å²) >= 11 is 0. The van der Waals surface area contributed by atoms with E-state index in [0.29, 0.717) is 19.4 Å². The Kier molecular flexibility index (Phi) is 4.34. The minimum absolute atomic E-state index is 0.179. The molecule has 0 saturated heterocycles. The number of nitrogens with two attached hydrogens (primary N) is 1. The number of benzene rings is 1. The second-order valence-corrected chi connectivity index (χ2v) is 6.16. The van der Waals surface area contributed by atoms with E-state index in [1.54, 1.807) is 0 Å². The largest absolute Gasteiger partial charge is 0.390 e. The van der Waals surface area contributed by atoms with Crippen LogP contribution in [0.5, 0.6) is 0 Å². The van der Waals surface area contributed by atoms with E-state index in [-0.39, 0.29) is 5.41 Å². The predicted octanol–water partition coefficient (Wildman–Crippen LogP) is 2.63. The van der Waals surface area contributed by atoms with E-state index in [1.807, 2.05) is 6.92 Å². The molecule has 0 heterocycles. The van der Waals surface area contributed by atoms with Crippen LogP contribution in [0.2, 0.25) is 0 Å². The molecule has 0 amide bonds. The normalized spacial score (nSPS) is 15.6. The van der Waals surface area contributed by atoms with Crippen molar-refractivity contribution in [3.05, 3.63) is 35.4 Å². The Morgan fingerprint density at radius 2 is 1.59 bits per heavy atom. The lowest BCUT2D eigenvalue weighted by molar-refractivity contribution is 0.0539. The molecule has 1 aromatic carbocycles. The van der Waals surface area contributed by atoms with Crippen LogP contribution in [-0.4, -0.2) is 17.3 Å². The molecule has 96 valence electrons. The van der Waals surface area contributed by atoms with Crippen LogP contribution in [0.15, 0.2) is 24.3 Å². The zero-order valence-electron chi connectivity index (χ0n) is 11.5. The highest BCUT2D eigenvalue weighted by atomic mass is 16.3. The second-order valence-electron chi connectivity index (χ2n) is 6.16. The van der Waals surface area contributed by atoms with E-state index in [1.165, 1.54) is 5.56 Å². The molecule has 1 rings (SSSR count). The van der Waals surface area contributed by atoms with Crippen LogP contribution in [-0.2, 0) is 11.8 Å². The van der Waals surface area contributed by atoms with Crippen LogP contribution in [0.3, 0.4) is 0 Å². The Bertz CT molecular complexity index is 346. The van der Waals surface area contributed by atoms with E-state index in [0.717, 1.165) is 5.56 Å². The third-order valence-corrected chi connectivity index (χ3v) is 3.09. The van der Waals surface area contributed by atoms with Crippen molar-refractivity contribution in [2.24, 2.45) is 5.73 Å². The maximum Gasteiger partial charge on any atom is 0.0671 e. The molecule has 2 nitrogen and oxygen atoms in total. The first kappa shape index (κ1) is 14.2. The van der Waals surface area contributed by atoms with Gasteiger partial charge in [-0.2, -0.15) is 0 Å². The van der Waals surface area contributed by atoms with Gasteiger partial charge in [0.15, 0.2) is 0 Å². The van der Waals surface area contributed by atoms with E-state index in [2.05, 4.69) is 45.0 Å². The van der Waals surface area contributed by atoms with Crippen molar-refractivity contribution < 1.29 is 5.11 Å². The van der Waals surface area contributed by atoms with Crippen LogP contribution in [0.4, 0.5) is 0 Å². The third-order valence-electron chi connectivity index (χ3n) is 3.09. The van der Waals surface area contributed by atoms with Crippen LogP contribution in [0.25, 0.3) is 0 Å². The summed E-state index contributed by atoms with van der Waals surface area (Å²) in [4.78, 5) is 0. The topological polar surface area (TPSA) is 46.2 Å². The Labute approximate surface area is 105 Å². The number of hydrogen-bond donors (Lipinski definition) is 2. The lowest BCUT2D eigenvalue weighted by atomic mass is 9.85. The molecule has 17 heavy (non-hydrogen) atoms. The van der Waals surface area contributed by atoms with Crippen molar-refractivity contribution in [1.29, 1.82) is 0 Å². The first-order chi connectivity index (χ1) is 7.74. The summed E-state index contributed by atoms with van der Waals surface area (Å²) in [7, 11) is 0. The molecule has 0 fully saturated rings. The van der Waals surface area contributed by atoms with Gasteiger partial charge in [0.2, 0.25) is 0 Å². The van der Waals surface area contributed by atoms with Gasteiger partial charge in [-0.05, 0) is 36.4 Å². The van der Waals surface area contributed by atoms with Crippen LogP contribution >= 0.6 is 0 Å². The molecule has 0 aliphatic rings. The maximum atomic E-state index is 10.1. The molecular weight excluding hydrogens is 210 g/mol. The van der Waals surface area contributed by atoms with Gasteiger partial charge in [-0.1, -0.05) is 45.0 Å². The Morgan fingerprint density at radius 3 is 2.00 bits per heavy atom. The van der Waals surface area contributed by atoms with Gasteiger partial charge in [0, 0.05) is 6.42 Å². The average Bonchev–Trinajstić information content (AvgIpc) is 2.16. The van der Waals surface area contributed by atoms with Crippen molar-refractivity contribution in [3.8, 4) is 0 Å². The molecule has 3 N–H and O–H groups in total. The fourth-order valence-electron chi connectivity index (χ4n) is 1.96. The van der Waals surface area contributed by atoms with Crippen molar-refractivity contribution in [2.75, 3.05) is 6.54 Å². The Morgan fingerprint density at radius 1 is 1.06 bits per heavy atom. The number of hydrogen-bond acceptors (Lipinski definition) is 2. The lowest BCUT2D eigenvalue weighted by Crippen LogP contribution is -2.30. The highest BCUT2D eigenvalue weighted by Gasteiger charge is 2.20. The first-order valence-corrected chi connectivity index (χ1v) is 6.26. The van der Waals surface area contributed by atoms with Crippen LogP contribution < -0.4 is 5.73 Å². The molecule has 0 spiro atoms. The standard InChI is InChI=1S/C15H25NO/c1-14(2,3)13-7-5-12(6-8-13)11-15(4,17)9-10-16/h5-8,17H,9-11,16H2,1-4H3. The van der Waals surface area contributed by atoms with Crippen molar-refractivity contribution in [2.45, 2.75) is 51.6 Å². The van der Waals surface area contributed by atoms with Crippen LogP contribution in [0.1, 0.15) is 45.2 Å². The third kappa shape index (κ3) is 4.49. The summed E-state index contributed by atoms with van der Waals surface area (Å²) in [6, 6.07) is 8.50. The Balaban J connectivity index is 2.75. The van der Waals surface area contributed by atoms with Gasteiger partial charge in [-0.25, -0.2) is 0 Å². The molecule has 0 aliphatic heterocycles. The number of aliphatic hydroxyl groups is 1. The maximum absolute atomic E-state index is 10.1. The van der Waals surface area contributed by atoms with Gasteiger partial charge < -0.3 is 10.8 Å². The molecule has 0 aromatic heterocycles. The zero-order valence-corrected chi connectivity index (χ0v) is 11.5. The minimum atomic E-state index is -0.696. The smallest absolute Gasteiger partial charge is 0.0671 e. The van der Waals surface area contributed by atoms with E-state index >= 15 is 0 Å². The lowest BCUT2D eigenvalue weighted by Gasteiger charge is -2.23. The fourth-order valence-corrected chi connectivity index (χ4v) is 1.96. The molecule has 2 heteroatoms. The molecule has 1 atom stereocenters. The molecular formula is C15H25NO. The van der Waals surface area contributed by atoms with Gasteiger partial charge in [0.05, 0.1) is 5.60 Å². The summed E-state index contributed by atoms with van der Waals surface area (Å²) in [6.07, 6.45) is 1.29. The number of rotatable bonds is 4. The van der Waals surface area contributed by atoms with Gasteiger partial charge in [-0.3, -0.25) is 0 Å². The summed E-state index contributed by atoms with van der Waals surface area (Å²) in [6.45, 7) is 8.97. The molecule has 0 aliphatic carbocycles. The average molecular weight is 235 g/mol. The fraction of sp³-hybridized carbons (Fsp3) is 0.600. The SMILES string of the molecule is CC(O)(CCN)Cc1ccc(C(C)(C)C)cc1. The minimum Gasteiger partial charge on any atom is -0.390 e. The highest BCUT2D eigenvalue weighted by molar-refractivity contribution is 5.28.